The maximum Gasteiger partial charge on any atom is 0.227 e. The smallest absolute Gasteiger partial charge is 0.227 e. The zero-order valence-corrected chi connectivity index (χ0v) is 22.0. The largest absolute Gasteiger partial charge is 0.363 e. The molecule has 3 rings (SSSR count). The fourth-order valence-electron chi connectivity index (χ4n) is 3.50. The van der Waals surface area contributed by atoms with Crippen LogP contribution in [-0.4, -0.2) is 73.5 Å². The molecule has 9 heteroatoms. The first-order valence-corrected chi connectivity index (χ1v) is 11.0. The summed E-state index contributed by atoms with van der Waals surface area (Å²) < 4.78 is 0. The van der Waals surface area contributed by atoms with Gasteiger partial charge in [0.2, 0.25) is 5.91 Å². The van der Waals surface area contributed by atoms with Crippen LogP contribution in [0.2, 0.25) is 5.02 Å². The highest BCUT2D eigenvalue weighted by Gasteiger charge is 2.23. The lowest BCUT2D eigenvalue weighted by Crippen LogP contribution is -2.54. The summed E-state index contributed by atoms with van der Waals surface area (Å²) >= 11 is 6.04. The molecule has 0 spiro atoms. The number of pyridine rings is 1. The van der Waals surface area contributed by atoms with E-state index in [1.807, 2.05) is 60.4 Å². The molecule has 0 radical (unpaired) electrons. The van der Waals surface area contributed by atoms with Crippen LogP contribution in [0.25, 0.3) is 0 Å². The third-order valence-corrected chi connectivity index (χ3v) is 5.43. The van der Waals surface area contributed by atoms with Crippen LogP contribution in [-0.2, 0) is 17.8 Å². The molecule has 1 saturated heterocycles. The van der Waals surface area contributed by atoms with E-state index in [1.54, 1.807) is 0 Å². The number of aliphatic imine (C=N–C) groups is 1. The Kier molecular flexibility index (Phi) is 10.5. The minimum absolute atomic E-state index is 0. The van der Waals surface area contributed by atoms with Gasteiger partial charge in [0, 0.05) is 58.0 Å². The summed E-state index contributed by atoms with van der Waals surface area (Å²) in [6.45, 7) is 6.33. The highest BCUT2D eigenvalue weighted by Crippen LogP contribution is 2.14. The molecule has 0 unspecified atom stereocenters. The number of benzene rings is 1. The minimum Gasteiger partial charge on any atom is -0.363 e. The third-order valence-electron chi connectivity index (χ3n) is 5.19. The number of rotatable bonds is 6. The minimum atomic E-state index is 0. The number of aromatic nitrogens is 1. The van der Waals surface area contributed by atoms with Crippen molar-refractivity contribution in [3.8, 4) is 0 Å². The van der Waals surface area contributed by atoms with E-state index in [4.69, 9.17) is 16.6 Å². The van der Waals surface area contributed by atoms with Gasteiger partial charge in [-0.2, -0.15) is 0 Å². The first kappa shape index (κ1) is 26.2. The number of carbonyl (C=O) groups excluding carboxylic acids is 1. The number of carbonyl (C=O) groups is 1. The number of piperazine rings is 1. The second kappa shape index (κ2) is 12.8. The first-order chi connectivity index (χ1) is 15.0. The standard InChI is InChI=1S/C23H31ClN6O.HI/c1-4-25-23(27-17-19-8-9-26-21(15-19)28(2)3)30-12-10-29(11-13-30)22(31)16-18-6-5-7-20(24)14-18;/h5-9,14-15H,4,10-13,16-17H2,1-3H3,(H,25,27);1H. The molecular weight excluding hydrogens is 539 g/mol. The molecular formula is C23H32ClIN6O. The van der Waals surface area contributed by atoms with Crippen molar-refractivity contribution in [2.24, 2.45) is 4.99 Å². The number of amides is 1. The molecule has 7 nitrogen and oxygen atoms in total. The Hall–Kier alpha value is -2.07. The number of nitrogens with one attached hydrogen (secondary N) is 1. The van der Waals surface area contributed by atoms with E-state index in [0.29, 0.717) is 31.1 Å². The van der Waals surface area contributed by atoms with Gasteiger partial charge < -0.3 is 20.0 Å². The maximum absolute atomic E-state index is 12.7. The molecule has 0 atom stereocenters. The van der Waals surface area contributed by atoms with Gasteiger partial charge in [-0.1, -0.05) is 23.7 Å². The number of anilines is 1. The van der Waals surface area contributed by atoms with E-state index in [1.165, 1.54) is 0 Å². The van der Waals surface area contributed by atoms with E-state index in [0.717, 1.165) is 42.5 Å². The molecule has 1 aliphatic heterocycles. The molecule has 32 heavy (non-hydrogen) atoms. The number of guanidine groups is 1. The second-order valence-electron chi connectivity index (χ2n) is 7.76. The molecule has 1 aromatic carbocycles. The molecule has 2 heterocycles. The lowest BCUT2D eigenvalue weighted by Gasteiger charge is -2.36. The van der Waals surface area contributed by atoms with E-state index >= 15 is 0 Å². The topological polar surface area (TPSA) is 64.1 Å². The Bertz CT molecular complexity index is 915. The highest BCUT2D eigenvalue weighted by molar-refractivity contribution is 14.0. The van der Waals surface area contributed by atoms with Crippen LogP contribution in [0.3, 0.4) is 0 Å². The molecule has 1 fully saturated rings. The van der Waals surface area contributed by atoms with Crippen LogP contribution in [0.1, 0.15) is 18.1 Å². The Morgan fingerprint density at radius 2 is 1.84 bits per heavy atom. The molecule has 2 aromatic rings. The molecule has 1 N–H and O–H groups in total. The Balaban J connectivity index is 0.00000363. The monoisotopic (exact) mass is 570 g/mol. The molecule has 0 aliphatic carbocycles. The van der Waals surface area contributed by atoms with E-state index in [-0.39, 0.29) is 29.9 Å². The zero-order valence-electron chi connectivity index (χ0n) is 18.9. The van der Waals surface area contributed by atoms with Crippen LogP contribution in [0.4, 0.5) is 5.82 Å². The van der Waals surface area contributed by atoms with Crippen LogP contribution < -0.4 is 10.2 Å². The average Bonchev–Trinajstić information content (AvgIpc) is 2.77. The van der Waals surface area contributed by atoms with Gasteiger partial charge in [-0.25, -0.2) is 9.98 Å². The van der Waals surface area contributed by atoms with Gasteiger partial charge in [0.05, 0.1) is 13.0 Å². The molecule has 0 saturated carbocycles. The normalized spacial score (nSPS) is 14.1. The van der Waals surface area contributed by atoms with Crippen molar-refractivity contribution in [3.63, 3.8) is 0 Å². The van der Waals surface area contributed by atoms with Gasteiger partial charge in [0.15, 0.2) is 5.96 Å². The number of nitrogens with zero attached hydrogens (tertiary/aromatic N) is 5. The van der Waals surface area contributed by atoms with Gasteiger partial charge in [-0.05, 0) is 42.3 Å². The van der Waals surface area contributed by atoms with Crippen molar-refractivity contribution < 1.29 is 4.79 Å². The van der Waals surface area contributed by atoms with Gasteiger partial charge in [0.25, 0.3) is 0 Å². The van der Waals surface area contributed by atoms with Crippen molar-refractivity contribution in [1.82, 2.24) is 20.1 Å². The average molecular weight is 571 g/mol. The highest BCUT2D eigenvalue weighted by atomic mass is 127. The number of halogens is 2. The van der Waals surface area contributed by atoms with Gasteiger partial charge in [-0.15, -0.1) is 24.0 Å². The lowest BCUT2D eigenvalue weighted by atomic mass is 10.1. The van der Waals surface area contributed by atoms with Crippen LogP contribution >= 0.6 is 35.6 Å². The summed E-state index contributed by atoms with van der Waals surface area (Å²) in [6, 6.07) is 11.5. The zero-order chi connectivity index (χ0) is 22.2. The third kappa shape index (κ3) is 7.51. The summed E-state index contributed by atoms with van der Waals surface area (Å²) in [4.78, 5) is 28.0. The number of hydrogen-bond donors (Lipinski definition) is 1. The van der Waals surface area contributed by atoms with Gasteiger partial charge in [0.1, 0.15) is 5.82 Å². The van der Waals surface area contributed by atoms with Gasteiger partial charge >= 0.3 is 0 Å². The van der Waals surface area contributed by atoms with Crippen molar-refractivity contribution >= 4 is 53.3 Å². The molecule has 0 bridgehead atoms. The summed E-state index contributed by atoms with van der Waals surface area (Å²) in [5, 5.41) is 4.04. The maximum atomic E-state index is 12.7. The molecule has 1 aliphatic rings. The Labute approximate surface area is 212 Å². The quantitative estimate of drug-likeness (QED) is 0.328. The molecule has 1 aromatic heterocycles. The SMILES string of the molecule is CCNC(=NCc1ccnc(N(C)C)c1)N1CCN(C(=O)Cc2cccc(Cl)c2)CC1.I. The van der Waals surface area contributed by atoms with E-state index in [9.17, 15) is 4.79 Å². The van der Waals surface area contributed by atoms with Gasteiger partial charge in [-0.3, -0.25) is 4.79 Å². The predicted molar refractivity (Wildman–Crippen MR) is 142 cm³/mol. The summed E-state index contributed by atoms with van der Waals surface area (Å²) in [7, 11) is 3.96. The van der Waals surface area contributed by atoms with E-state index < -0.39 is 0 Å². The van der Waals surface area contributed by atoms with Crippen LogP contribution in [0, 0.1) is 0 Å². The molecule has 1 amide bonds. The fraction of sp³-hybridized carbons (Fsp3) is 0.435. The fourth-order valence-corrected chi connectivity index (χ4v) is 3.71. The van der Waals surface area contributed by atoms with Crippen molar-refractivity contribution in [3.05, 3.63) is 58.7 Å². The van der Waals surface area contributed by atoms with Crippen LogP contribution in [0.5, 0.6) is 0 Å². The number of hydrogen-bond acceptors (Lipinski definition) is 4. The van der Waals surface area contributed by atoms with Crippen molar-refractivity contribution in [1.29, 1.82) is 0 Å². The first-order valence-electron chi connectivity index (χ1n) is 10.6. The Morgan fingerprint density at radius 3 is 2.50 bits per heavy atom. The van der Waals surface area contributed by atoms with Crippen LogP contribution in [0.15, 0.2) is 47.6 Å². The second-order valence-corrected chi connectivity index (χ2v) is 8.20. The lowest BCUT2D eigenvalue weighted by molar-refractivity contribution is -0.131. The summed E-state index contributed by atoms with van der Waals surface area (Å²) in [5.74, 6) is 1.94. The van der Waals surface area contributed by atoms with Crippen molar-refractivity contribution in [2.45, 2.75) is 19.9 Å². The summed E-state index contributed by atoms with van der Waals surface area (Å²) in [5.41, 5.74) is 2.06. The van der Waals surface area contributed by atoms with E-state index in [2.05, 4.69) is 28.2 Å². The predicted octanol–water partition coefficient (Wildman–Crippen LogP) is 3.27. The summed E-state index contributed by atoms with van der Waals surface area (Å²) in [6.07, 6.45) is 2.20. The molecule has 174 valence electrons. The van der Waals surface area contributed by atoms with Crippen molar-refractivity contribution in [2.75, 3.05) is 51.7 Å². The Morgan fingerprint density at radius 1 is 1.12 bits per heavy atom.